The maximum Gasteiger partial charge on any atom is 0.281 e. The summed E-state index contributed by atoms with van der Waals surface area (Å²) in [6.45, 7) is 0. The highest BCUT2D eigenvalue weighted by molar-refractivity contribution is 6.33. The molecule has 1 heterocycles. The summed E-state index contributed by atoms with van der Waals surface area (Å²) in [4.78, 5) is 3.30. The first-order valence-corrected chi connectivity index (χ1v) is 4.19. The SMILES string of the molecule is Oc1cnc(C(F)F)c(Cl)c1CCl. The number of nitrogens with zero attached hydrogens (tertiary/aromatic N) is 1. The van der Waals surface area contributed by atoms with E-state index in [0.29, 0.717) is 0 Å². The van der Waals surface area contributed by atoms with Gasteiger partial charge in [-0.25, -0.2) is 13.8 Å². The second kappa shape index (κ2) is 4.07. The fourth-order valence-corrected chi connectivity index (χ4v) is 1.45. The molecule has 1 N–H and O–H groups in total. The van der Waals surface area contributed by atoms with Gasteiger partial charge in [-0.3, -0.25) is 0 Å². The van der Waals surface area contributed by atoms with Gasteiger partial charge in [-0.05, 0) is 0 Å². The molecule has 0 spiro atoms. The third kappa shape index (κ3) is 2.00. The van der Waals surface area contributed by atoms with E-state index in [1.165, 1.54) is 0 Å². The summed E-state index contributed by atoms with van der Waals surface area (Å²) in [5.41, 5.74) is -0.483. The Morgan fingerprint density at radius 3 is 2.62 bits per heavy atom. The third-order valence-corrected chi connectivity index (χ3v) is 2.15. The molecule has 0 atom stereocenters. The van der Waals surface area contributed by atoms with Gasteiger partial charge in [0.2, 0.25) is 0 Å². The molecule has 13 heavy (non-hydrogen) atoms. The highest BCUT2D eigenvalue weighted by atomic mass is 35.5. The molecule has 6 heteroatoms. The lowest BCUT2D eigenvalue weighted by molar-refractivity contribution is 0.146. The molecule has 2 nitrogen and oxygen atoms in total. The second-order valence-electron chi connectivity index (χ2n) is 2.26. The van der Waals surface area contributed by atoms with Gasteiger partial charge in [-0.2, -0.15) is 0 Å². The third-order valence-electron chi connectivity index (χ3n) is 1.47. The van der Waals surface area contributed by atoms with Gasteiger partial charge in [0, 0.05) is 5.56 Å². The summed E-state index contributed by atoms with van der Waals surface area (Å²) in [5, 5.41) is 8.85. The maximum atomic E-state index is 12.2. The van der Waals surface area contributed by atoms with Crippen molar-refractivity contribution in [3.63, 3.8) is 0 Å². The molecule has 0 saturated heterocycles. The number of hydrogen-bond donors (Lipinski definition) is 1. The van der Waals surface area contributed by atoms with E-state index in [-0.39, 0.29) is 22.2 Å². The number of alkyl halides is 3. The minimum Gasteiger partial charge on any atom is -0.506 e. The van der Waals surface area contributed by atoms with Gasteiger partial charge in [0.15, 0.2) is 0 Å². The quantitative estimate of drug-likeness (QED) is 0.788. The normalized spacial score (nSPS) is 10.8. The van der Waals surface area contributed by atoms with E-state index in [4.69, 9.17) is 28.3 Å². The van der Waals surface area contributed by atoms with Crippen molar-refractivity contribution in [2.24, 2.45) is 0 Å². The van der Waals surface area contributed by atoms with Crippen LogP contribution in [0.2, 0.25) is 5.02 Å². The van der Waals surface area contributed by atoms with Crippen molar-refractivity contribution < 1.29 is 13.9 Å². The minimum absolute atomic E-state index is 0.0774. The number of pyridine rings is 1. The number of halogens is 4. The predicted molar refractivity (Wildman–Crippen MR) is 45.4 cm³/mol. The molecule has 1 aromatic rings. The van der Waals surface area contributed by atoms with Crippen LogP contribution in [-0.2, 0) is 5.88 Å². The zero-order chi connectivity index (χ0) is 10.0. The summed E-state index contributed by atoms with van der Waals surface area (Å²) in [7, 11) is 0. The van der Waals surface area contributed by atoms with Gasteiger partial charge in [-0.1, -0.05) is 11.6 Å². The maximum absolute atomic E-state index is 12.2. The molecule has 0 aliphatic rings. The Bertz CT molecular complexity index is 320. The smallest absolute Gasteiger partial charge is 0.281 e. The van der Waals surface area contributed by atoms with Crippen LogP contribution in [0.3, 0.4) is 0 Å². The molecule has 0 fully saturated rings. The van der Waals surface area contributed by atoms with Crippen molar-refractivity contribution in [3.05, 3.63) is 22.5 Å². The average molecular weight is 228 g/mol. The summed E-state index contributed by atoms with van der Waals surface area (Å²) < 4.78 is 24.4. The Balaban J connectivity index is 3.27. The molecule has 0 aromatic carbocycles. The largest absolute Gasteiger partial charge is 0.506 e. The Kier molecular flexibility index (Phi) is 3.27. The van der Waals surface area contributed by atoms with Crippen molar-refractivity contribution in [1.29, 1.82) is 0 Å². The lowest BCUT2D eigenvalue weighted by Crippen LogP contribution is -1.95. The van der Waals surface area contributed by atoms with Gasteiger partial charge >= 0.3 is 0 Å². The Labute approximate surface area is 83.1 Å². The van der Waals surface area contributed by atoms with E-state index in [0.717, 1.165) is 6.20 Å². The second-order valence-corrected chi connectivity index (χ2v) is 2.90. The monoisotopic (exact) mass is 227 g/mol. The van der Waals surface area contributed by atoms with Gasteiger partial charge < -0.3 is 5.11 Å². The van der Waals surface area contributed by atoms with Crippen LogP contribution in [0.15, 0.2) is 6.20 Å². The highest BCUT2D eigenvalue weighted by Gasteiger charge is 2.18. The standard InChI is InChI=1S/C7H5Cl2F2NO/c8-1-3-4(13)2-12-6(5(3)9)7(10)11/h2,7,13H,1H2. The van der Waals surface area contributed by atoms with E-state index >= 15 is 0 Å². The molecule has 0 saturated carbocycles. The van der Waals surface area contributed by atoms with Crippen molar-refractivity contribution in [3.8, 4) is 5.75 Å². The lowest BCUT2D eigenvalue weighted by Gasteiger charge is -2.07. The molecular weight excluding hydrogens is 223 g/mol. The minimum atomic E-state index is -2.77. The summed E-state index contributed by atoms with van der Waals surface area (Å²) in [5.74, 6) is -0.406. The first kappa shape index (κ1) is 10.5. The van der Waals surface area contributed by atoms with Gasteiger partial charge in [0.05, 0.1) is 17.1 Å². The van der Waals surface area contributed by atoms with Crippen LogP contribution in [0.1, 0.15) is 17.7 Å². The van der Waals surface area contributed by atoms with Gasteiger partial charge in [-0.15, -0.1) is 11.6 Å². The lowest BCUT2D eigenvalue weighted by atomic mass is 10.2. The number of aromatic hydroxyl groups is 1. The molecule has 1 aromatic heterocycles. The molecular formula is C7H5Cl2F2NO. The molecule has 0 unspecified atom stereocenters. The van der Waals surface area contributed by atoms with E-state index in [2.05, 4.69) is 4.98 Å². The molecule has 0 bridgehead atoms. The Morgan fingerprint density at radius 2 is 2.15 bits per heavy atom. The van der Waals surface area contributed by atoms with Crippen molar-refractivity contribution in [2.45, 2.75) is 12.3 Å². The Morgan fingerprint density at radius 1 is 1.54 bits per heavy atom. The average Bonchev–Trinajstić information content (AvgIpc) is 2.04. The van der Waals surface area contributed by atoms with E-state index in [1.54, 1.807) is 0 Å². The van der Waals surface area contributed by atoms with E-state index in [9.17, 15) is 8.78 Å². The topological polar surface area (TPSA) is 33.1 Å². The number of aromatic nitrogens is 1. The summed E-state index contributed by atoms with van der Waals surface area (Å²) in [6.07, 6.45) is -1.86. The fraction of sp³-hybridized carbons (Fsp3) is 0.286. The van der Waals surface area contributed by atoms with E-state index < -0.39 is 12.1 Å². The van der Waals surface area contributed by atoms with Crippen LogP contribution < -0.4 is 0 Å². The van der Waals surface area contributed by atoms with Gasteiger partial charge in [0.1, 0.15) is 11.4 Å². The predicted octanol–water partition coefficient (Wildman–Crippen LogP) is 3.12. The van der Waals surface area contributed by atoms with Crippen LogP contribution in [0.25, 0.3) is 0 Å². The van der Waals surface area contributed by atoms with Gasteiger partial charge in [0.25, 0.3) is 6.43 Å². The van der Waals surface area contributed by atoms with E-state index in [1.807, 2.05) is 0 Å². The Hall–Kier alpha value is -0.610. The van der Waals surface area contributed by atoms with Crippen LogP contribution >= 0.6 is 23.2 Å². The zero-order valence-corrected chi connectivity index (χ0v) is 7.78. The molecule has 1 rings (SSSR count). The van der Waals surface area contributed by atoms with Crippen molar-refractivity contribution >= 4 is 23.2 Å². The number of hydrogen-bond acceptors (Lipinski definition) is 2. The first-order valence-electron chi connectivity index (χ1n) is 3.28. The van der Waals surface area contributed by atoms with Crippen LogP contribution in [0, 0.1) is 0 Å². The zero-order valence-electron chi connectivity index (χ0n) is 6.27. The number of rotatable bonds is 2. The molecule has 0 amide bonds. The highest BCUT2D eigenvalue weighted by Crippen LogP contribution is 2.33. The van der Waals surface area contributed by atoms with Crippen LogP contribution in [0.4, 0.5) is 8.78 Å². The fourth-order valence-electron chi connectivity index (χ4n) is 0.812. The van der Waals surface area contributed by atoms with Crippen LogP contribution in [-0.4, -0.2) is 10.1 Å². The molecule has 0 aliphatic carbocycles. The van der Waals surface area contributed by atoms with Crippen LogP contribution in [0.5, 0.6) is 5.75 Å². The summed E-state index contributed by atoms with van der Waals surface area (Å²) >= 11 is 10.9. The molecule has 72 valence electrons. The molecule has 0 aliphatic heterocycles. The first-order chi connectivity index (χ1) is 6.07. The van der Waals surface area contributed by atoms with Crippen molar-refractivity contribution in [2.75, 3.05) is 0 Å². The summed E-state index contributed by atoms with van der Waals surface area (Å²) in [6, 6.07) is 0. The van der Waals surface area contributed by atoms with Crippen molar-refractivity contribution in [1.82, 2.24) is 4.98 Å². The molecule has 0 radical (unpaired) electrons.